The molecular weight excluding hydrogens is 250 g/mol. The van der Waals surface area contributed by atoms with Crippen LogP contribution in [0, 0.1) is 0 Å². The summed E-state index contributed by atoms with van der Waals surface area (Å²) in [4.78, 5) is 0. The molecule has 1 aromatic rings. The summed E-state index contributed by atoms with van der Waals surface area (Å²) in [5.41, 5.74) is 9.72. The first-order valence-corrected chi connectivity index (χ1v) is 5.72. The number of rotatable bonds is 3. The number of nitrogens with zero attached hydrogens (tertiary/aromatic N) is 1. The first-order chi connectivity index (χ1) is 8.65. The van der Waals surface area contributed by atoms with Crippen LogP contribution in [0.25, 0.3) is 6.08 Å². The van der Waals surface area contributed by atoms with Crippen molar-refractivity contribution >= 4 is 29.6 Å². The monoisotopic (exact) mass is 263 g/mol. The first kappa shape index (κ1) is 12.4. The highest BCUT2D eigenvalue weighted by Gasteiger charge is 2.12. The molecule has 0 fully saturated rings. The normalized spacial score (nSPS) is 13.9. The molecule has 2 rings (SSSR count). The quantitative estimate of drug-likeness (QED) is 0.493. The van der Waals surface area contributed by atoms with Crippen LogP contribution in [0.4, 0.5) is 0 Å². The number of hydrogen-bond donors (Lipinski definition) is 2. The minimum absolute atomic E-state index is 0.141. The lowest BCUT2D eigenvalue weighted by Crippen LogP contribution is -2.23. The maximum Gasteiger partial charge on any atom is 0.231 e. The predicted molar refractivity (Wildman–Crippen MR) is 74.6 cm³/mol. The van der Waals surface area contributed by atoms with Crippen molar-refractivity contribution in [2.24, 2.45) is 10.8 Å². The lowest BCUT2D eigenvalue weighted by Gasteiger charge is -1.99. The molecule has 3 N–H and O–H groups in total. The van der Waals surface area contributed by atoms with E-state index in [4.69, 9.17) is 15.2 Å². The lowest BCUT2D eigenvalue weighted by molar-refractivity contribution is 0.174. The van der Waals surface area contributed by atoms with E-state index >= 15 is 0 Å². The average Bonchev–Trinajstić information content (AvgIpc) is 2.75. The van der Waals surface area contributed by atoms with Crippen molar-refractivity contribution in [3.63, 3.8) is 0 Å². The fourth-order valence-corrected chi connectivity index (χ4v) is 1.55. The molecule has 0 spiro atoms. The Hall–Kier alpha value is -2.08. The van der Waals surface area contributed by atoms with Crippen LogP contribution in [0.3, 0.4) is 0 Å². The van der Waals surface area contributed by atoms with E-state index in [2.05, 4.69) is 22.7 Å². The second-order valence-corrected chi connectivity index (χ2v) is 4.18. The molecule has 5 nitrogen and oxygen atoms in total. The zero-order valence-electron chi connectivity index (χ0n) is 9.84. The van der Waals surface area contributed by atoms with Gasteiger partial charge in [0.05, 0.1) is 6.21 Å². The molecule has 0 aromatic heterocycles. The van der Waals surface area contributed by atoms with Crippen LogP contribution in [0.1, 0.15) is 12.5 Å². The van der Waals surface area contributed by atoms with Gasteiger partial charge in [-0.25, -0.2) is 0 Å². The molecule has 0 saturated heterocycles. The Balaban J connectivity index is 2.08. The smallest absolute Gasteiger partial charge is 0.231 e. The summed E-state index contributed by atoms with van der Waals surface area (Å²) < 4.78 is 10.5. The Kier molecular flexibility index (Phi) is 3.78. The third-order valence-electron chi connectivity index (χ3n) is 2.23. The van der Waals surface area contributed by atoms with Crippen molar-refractivity contribution < 1.29 is 9.47 Å². The van der Waals surface area contributed by atoms with Crippen molar-refractivity contribution in [2.45, 2.75) is 6.92 Å². The maximum atomic E-state index is 5.30. The predicted octanol–water partition coefficient (Wildman–Crippen LogP) is 1.64. The molecule has 0 unspecified atom stereocenters. The third kappa shape index (κ3) is 3.21. The van der Waals surface area contributed by atoms with Crippen molar-refractivity contribution in [1.82, 2.24) is 5.43 Å². The van der Waals surface area contributed by atoms with Crippen LogP contribution in [0.15, 0.2) is 28.9 Å². The van der Waals surface area contributed by atoms with Gasteiger partial charge in [0.25, 0.3) is 0 Å². The van der Waals surface area contributed by atoms with Gasteiger partial charge in [0.2, 0.25) is 6.79 Å². The topological polar surface area (TPSA) is 68.9 Å². The Morgan fingerprint density at radius 2 is 2.22 bits per heavy atom. The molecule has 0 bridgehead atoms. The maximum absolute atomic E-state index is 5.30. The molecule has 0 saturated carbocycles. The van der Waals surface area contributed by atoms with Crippen molar-refractivity contribution in [3.8, 4) is 11.5 Å². The zero-order chi connectivity index (χ0) is 13.0. The van der Waals surface area contributed by atoms with Crippen LogP contribution < -0.4 is 20.6 Å². The summed E-state index contributed by atoms with van der Waals surface area (Å²) in [6, 6.07) is 5.75. The number of ether oxygens (including phenoxy) is 2. The van der Waals surface area contributed by atoms with E-state index in [0.717, 1.165) is 22.6 Å². The van der Waals surface area contributed by atoms with E-state index in [1.54, 1.807) is 6.21 Å². The highest BCUT2D eigenvalue weighted by molar-refractivity contribution is 7.80. The number of fused-ring (bicyclic) bond motifs is 1. The molecule has 1 heterocycles. The highest BCUT2D eigenvalue weighted by atomic mass is 32.1. The van der Waals surface area contributed by atoms with E-state index in [9.17, 15) is 0 Å². The van der Waals surface area contributed by atoms with E-state index in [1.165, 1.54) is 0 Å². The van der Waals surface area contributed by atoms with Gasteiger partial charge in [-0.1, -0.05) is 12.1 Å². The van der Waals surface area contributed by atoms with E-state index in [1.807, 2.05) is 31.2 Å². The molecule has 94 valence electrons. The summed E-state index contributed by atoms with van der Waals surface area (Å²) in [5.74, 6) is 1.53. The number of nitrogens with two attached hydrogens (primary N) is 1. The Labute approximate surface area is 110 Å². The molecule has 18 heavy (non-hydrogen) atoms. The summed E-state index contributed by atoms with van der Waals surface area (Å²) in [5, 5.41) is 4.01. The van der Waals surface area contributed by atoms with Crippen LogP contribution >= 0.6 is 12.2 Å². The molecule has 0 amide bonds. The SMILES string of the molecule is CC(/C=N\NC(N)=S)=C\c1ccc2c(c1)OCO2. The summed E-state index contributed by atoms with van der Waals surface area (Å²) in [6.45, 7) is 2.20. The third-order valence-corrected chi connectivity index (χ3v) is 2.33. The van der Waals surface area contributed by atoms with Gasteiger partial charge < -0.3 is 15.2 Å². The van der Waals surface area contributed by atoms with Gasteiger partial charge in [0.1, 0.15) is 0 Å². The molecule has 0 atom stereocenters. The molecule has 6 heteroatoms. The van der Waals surface area contributed by atoms with Crippen LogP contribution in [0.2, 0.25) is 0 Å². The number of benzene rings is 1. The summed E-state index contributed by atoms with van der Waals surface area (Å²) in [6.07, 6.45) is 3.61. The van der Waals surface area contributed by atoms with E-state index in [-0.39, 0.29) is 11.9 Å². The van der Waals surface area contributed by atoms with E-state index < -0.39 is 0 Å². The number of hydrogen-bond acceptors (Lipinski definition) is 4. The summed E-state index contributed by atoms with van der Waals surface area (Å²) >= 11 is 4.63. The minimum Gasteiger partial charge on any atom is -0.454 e. The second kappa shape index (κ2) is 5.50. The number of allylic oxidation sites excluding steroid dienone is 1. The van der Waals surface area contributed by atoms with Gasteiger partial charge in [0, 0.05) is 0 Å². The zero-order valence-corrected chi connectivity index (χ0v) is 10.7. The molecule has 1 aromatic carbocycles. The molecule has 1 aliphatic heterocycles. The summed E-state index contributed by atoms with van der Waals surface area (Å²) in [7, 11) is 0. The Bertz CT molecular complexity index is 526. The van der Waals surface area contributed by atoms with Gasteiger partial charge in [-0.15, -0.1) is 0 Å². The minimum atomic E-state index is 0.141. The fraction of sp³-hybridized carbons (Fsp3) is 0.167. The van der Waals surface area contributed by atoms with Gasteiger partial charge in [0.15, 0.2) is 16.6 Å². The largest absolute Gasteiger partial charge is 0.454 e. The lowest BCUT2D eigenvalue weighted by atomic mass is 10.1. The number of hydrazone groups is 1. The molecule has 0 aliphatic carbocycles. The van der Waals surface area contributed by atoms with Crippen molar-refractivity contribution in [1.29, 1.82) is 0 Å². The van der Waals surface area contributed by atoms with Crippen LogP contribution in [-0.2, 0) is 0 Å². The molecular formula is C12H13N3O2S. The highest BCUT2D eigenvalue weighted by Crippen LogP contribution is 2.32. The second-order valence-electron chi connectivity index (χ2n) is 3.74. The van der Waals surface area contributed by atoms with Crippen molar-refractivity contribution in [2.75, 3.05) is 6.79 Å². The van der Waals surface area contributed by atoms with Crippen LogP contribution in [0.5, 0.6) is 11.5 Å². The standard InChI is InChI=1S/C12H13N3O2S/c1-8(6-14-15-12(13)18)4-9-2-3-10-11(5-9)17-7-16-10/h2-6H,7H2,1H3,(H3,13,15,18)/b8-4+,14-6-. The van der Waals surface area contributed by atoms with Gasteiger partial charge >= 0.3 is 0 Å². The molecule has 1 aliphatic rings. The van der Waals surface area contributed by atoms with Gasteiger partial charge in [-0.05, 0) is 42.4 Å². The van der Waals surface area contributed by atoms with Crippen molar-refractivity contribution in [3.05, 3.63) is 29.3 Å². The Morgan fingerprint density at radius 3 is 3.00 bits per heavy atom. The van der Waals surface area contributed by atoms with E-state index in [0.29, 0.717) is 0 Å². The molecule has 0 radical (unpaired) electrons. The average molecular weight is 263 g/mol. The van der Waals surface area contributed by atoms with Crippen LogP contribution in [-0.4, -0.2) is 18.1 Å². The first-order valence-electron chi connectivity index (χ1n) is 5.31. The van der Waals surface area contributed by atoms with Gasteiger partial charge in [-0.2, -0.15) is 5.10 Å². The number of thiocarbonyl (C=S) groups is 1. The Morgan fingerprint density at radius 1 is 1.44 bits per heavy atom. The fourth-order valence-electron chi connectivity index (χ4n) is 1.50. The van der Waals surface area contributed by atoms with Gasteiger partial charge in [-0.3, -0.25) is 5.43 Å². The number of nitrogens with one attached hydrogen (secondary N) is 1.